The van der Waals surface area contributed by atoms with Crippen LogP contribution < -0.4 is 4.74 Å². The zero-order chi connectivity index (χ0) is 22.7. The fourth-order valence-electron chi connectivity index (χ4n) is 3.25. The SMILES string of the molecule is CC(=O)N1N=C(c2ccccc2OCc2ccc(Br)cc2)O[C@@H]1c1ccccc1[N+](=O)[O-]. The van der Waals surface area contributed by atoms with Crippen LogP contribution >= 0.6 is 15.9 Å². The van der Waals surface area contributed by atoms with Crippen molar-refractivity contribution in [3.8, 4) is 5.75 Å². The van der Waals surface area contributed by atoms with Crippen molar-refractivity contribution < 1.29 is 19.2 Å². The number of nitro benzene ring substituents is 1. The molecule has 0 aliphatic carbocycles. The Morgan fingerprint density at radius 1 is 1.12 bits per heavy atom. The predicted octanol–water partition coefficient (Wildman–Crippen LogP) is 5.18. The van der Waals surface area contributed by atoms with Crippen LogP contribution in [0.2, 0.25) is 0 Å². The number of hydrazone groups is 1. The van der Waals surface area contributed by atoms with E-state index < -0.39 is 17.1 Å². The van der Waals surface area contributed by atoms with E-state index in [1.807, 2.05) is 30.3 Å². The van der Waals surface area contributed by atoms with Crippen LogP contribution in [0.1, 0.15) is 29.8 Å². The number of carbonyl (C=O) groups excluding carboxylic acids is 1. The second-order valence-electron chi connectivity index (χ2n) is 6.97. The highest BCUT2D eigenvalue weighted by Crippen LogP contribution is 2.36. The number of ether oxygens (including phenoxy) is 2. The average molecular weight is 496 g/mol. The van der Waals surface area contributed by atoms with Crippen molar-refractivity contribution in [2.45, 2.75) is 19.8 Å². The van der Waals surface area contributed by atoms with E-state index in [2.05, 4.69) is 21.0 Å². The molecule has 0 spiro atoms. The molecule has 0 fully saturated rings. The Morgan fingerprint density at radius 2 is 1.81 bits per heavy atom. The minimum Gasteiger partial charge on any atom is -0.488 e. The van der Waals surface area contributed by atoms with Crippen LogP contribution in [0.4, 0.5) is 5.69 Å². The zero-order valence-electron chi connectivity index (χ0n) is 17.0. The van der Waals surface area contributed by atoms with Crippen molar-refractivity contribution in [1.82, 2.24) is 5.01 Å². The van der Waals surface area contributed by atoms with Gasteiger partial charge in [-0.15, -0.1) is 5.10 Å². The summed E-state index contributed by atoms with van der Waals surface area (Å²) in [6.07, 6.45) is -1.05. The van der Waals surface area contributed by atoms with Crippen molar-refractivity contribution in [3.63, 3.8) is 0 Å². The topological polar surface area (TPSA) is 94.3 Å². The maximum Gasteiger partial charge on any atom is 0.278 e. The maximum absolute atomic E-state index is 12.2. The molecule has 0 radical (unpaired) electrons. The summed E-state index contributed by atoms with van der Waals surface area (Å²) < 4.78 is 12.9. The van der Waals surface area contributed by atoms with Crippen LogP contribution in [-0.2, 0) is 16.1 Å². The number of para-hydroxylation sites is 2. The average Bonchev–Trinajstić information content (AvgIpc) is 3.24. The molecule has 1 heterocycles. The third-order valence-electron chi connectivity index (χ3n) is 4.79. The fraction of sp³-hybridized carbons (Fsp3) is 0.130. The minimum absolute atomic E-state index is 0.148. The molecular weight excluding hydrogens is 478 g/mol. The lowest BCUT2D eigenvalue weighted by Gasteiger charge is -2.19. The lowest BCUT2D eigenvalue weighted by molar-refractivity contribution is -0.386. The van der Waals surface area contributed by atoms with Gasteiger partial charge in [-0.2, -0.15) is 5.01 Å². The molecule has 0 saturated heterocycles. The molecule has 9 heteroatoms. The van der Waals surface area contributed by atoms with Gasteiger partial charge in [0.1, 0.15) is 12.4 Å². The van der Waals surface area contributed by atoms with Gasteiger partial charge in [-0.1, -0.05) is 52.3 Å². The molecule has 1 aliphatic rings. The van der Waals surface area contributed by atoms with Crippen LogP contribution in [0.3, 0.4) is 0 Å². The quantitative estimate of drug-likeness (QED) is 0.347. The second kappa shape index (κ2) is 9.19. The van der Waals surface area contributed by atoms with E-state index in [0.29, 0.717) is 17.9 Å². The first-order valence-corrected chi connectivity index (χ1v) is 10.5. The van der Waals surface area contributed by atoms with Gasteiger partial charge in [-0.25, -0.2) is 0 Å². The molecule has 0 saturated carbocycles. The largest absolute Gasteiger partial charge is 0.488 e. The molecule has 1 aliphatic heterocycles. The number of carbonyl (C=O) groups is 1. The molecule has 0 bridgehead atoms. The zero-order valence-corrected chi connectivity index (χ0v) is 18.6. The van der Waals surface area contributed by atoms with E-state index in [9.17, 15) is 14.9 Å². The van der Waals surface area contributed by atoms with E-state index in [-0.39, 0.29) is 17.1 Å². The summed E-state index contributed by atoms with van der Waals surface area (Å²) in [5.74, 6) is 0.257. The van der Waals surface area contributed by atoms with Crippen LogP contribution in [0, 0.1) is 10.1 Å². The Hall–Kier alpha value is -3.72. The van der Waals surface area contributed by atoms with Gasteiger partial charge < -0.3 is 9.47 Å². The molecule has 32 heavy (non-hydrogen) atoms. The molecular formula is C23H18BrN3O5. The predicted molar refractivity (Wildman–Crippen MR) is 121 cm³/mol. The fourth-order valence-corrected chi connectivity index (χ4v) is 3.52. The van der Waals surface area contributed by atoms with E-state index >= 15 is 0 Å². The summed E-state index contributed by atoms with van der Waals surface area (Å²) in [5, 5.41) is 16.9. The number of halogens is 1. The Balaban J connectivity index is 1.63. The number of hydrogen-bond acceptors (Lipinski definition) is 6. The molecule has 3 aromatic rings. The molecule has 0 N–H and O–H groups in total. The molecule has 0 unspecified atom stereocenters. The van der Waals surface area contributed by atoms with Gasteiger partial charge in [-0.05, 0) is 35.9 Å². The Morgan fingerprint density at radius 3 is 2.53 bits per heavy atom. The Bertz CT molecular complexity index is 1200. The molecule has 8 nitrogen and oxygen atoms in total. The Kier molecular flexibility index (Phi) is 6.18. The highest BCUT2D eigenvalue weighted by Gasteiger charge is 2.37. The van der Waals surface area contributed by atoms with Gasteiger partial charge in [0.25, 0.3) is 5.69 Å². The normalized spacial score (nSPS) is 15.1. The lowest BCUT2D eigenvalue weighted by Crippen LogP contribution is -2.25. The Labute approximate surface area is 192 Å². The minimum atomic E-state index is -1.05. The van der Waals surface area contributed by atoms with E-state index in [4.69, 9.17) is 9.47 Å². The summed E-state index contributed by atoms with van der Waals surface area (Å²) in [5.41, 5.74) is 1.59. The summed E-state index contributed by atoms with van der Waals surface area (Å²) in [4.78, 5) is 23.2. The first-order valence-electron chi connectivity index (χ1n) is 9.69. The number of rotatable bonds is 6. The smallest absolute Gasteiger partial charge is 0.278 e. The number of nitro groups is 1. The van der Waals surface area contributed by atoms with Crippen molar-refractivity contribution >= 4 is 33.4 Å². The number of nitrogens with zero attached hydrogens (tertiary/aromatic N) is 3. The van der Waals surface area contributed by atoms with Crippen molar-refractivity contribution in [1.29, 1.82) is 0 Å². The maximum atomic E-state index is 12.2. The summed E-state index contributed by atoms with van der Waals surface area (Å²) in [6, 6.07) is 21.0. The third-order valence-corrected chi connectivity index (χ3v) is 5.32. The van der Waals surface area contributed by atoms with Crippen molar-refractivity contribution in [2.75, 3.05) is 0 Å². The molecule has 3 aromatic carbocycles. The first-order chi connectivity index (χ1) is 15.4. The van der Waals surface area contributed by atoms with Crippen LogP contribution in [0.15, 0.2) is 82.4 Å². The number of benzene rings is 3. The summed E-state index contributed by atoms with van der Waals surface area (Å²) in [7, 11) is 0. The first kappa shape index (κ1) is 21.5. The monoisotopic (exact) mass is 495 g/mol. The van der Waals surface area contributed by atoms with Gasteiger partial charge in [0.2, 0.25) is 18.0 Å². The van der Waals surface area contributed by atoms with Crippen molar-refractivity contribution in [2.24, 2.45) is 5.10 Å². The van der Waals surface area contributed by atoms with Gasteiger partial charge >= 0.3 is 0 Å². The third kappa shape index (κ3) is 4.47. The van der Waals surface area contributed by atoms with E-state index in [1.165, 1.54) is 13.0 Å². The van der Waals surface area contributed by atoms with Crippen LogP contribution in [-0.4, -0.2) is 21.7 Å². The lowest BCUT2D eigenvalue weighted by atomic mass is 10.1. The standard InChI is InChI=1S/C23H18BrN3O5/c1-15(28)26-23(18-6-2-4-8-20(18)27(29)30)32-22(25-26)19-7-3-5-9-21(19)31-14-16-10-12-17(24)13-11-16/h2-13,23H,14H2,1H3/t23-/m1/s1. The molecule has 4 rings (SSSR count). The van der Waals surface area contributed by atoms with Crippen molar-refractivity contribution in [3.05, 3.63) is 104 Å². The van der Waals surface area contributed by atoms with E-state index in [0.717, 1.165) is 15.0 Å². The van der Waals surface area contributed by atoms with Crippen LogP contribution in [0.5, 0.6) is 5.75 Å². The molecule has 0 aromatic heterocycles. The van der Waals surface area contributed by atoms with Gasteiger partial charge in [0.15, 0.2) is 0 Å². The number of amides is 1. The van der Waals surface area contributed by atoms with E-state index in [1.54, 1.807) is 36.4 Å². The van der Waals surface area contributed by atoms with Gasteiger partial charge in [-0.3, -0.25) is 14.9 Å². The highest BCUT2D eigenvalue weighted by molar-refractivity contribution is 9.10. The second-order valence-corrected chi connectivity index (χ2v) is 7.88. The number of hydrogen-bond donors (Lipinski definition) is 0. The summed E-state index contributed by atoms with van der Waals surface area (Å²) in [6.45, 7) is 1.65. The molecule has 1 amide bonds. The summed E-state index contributed by atoms with van der Waals surface area (Å²) >= 11 is 3.41. The molecule has 1 atom stereocenters. The van der Waals surface area contributed by atoms with Gasteiger partial charge in [0.05, 0.1) is 16.1 Å². The molecule has 162 valence electrons. The highest BCUT2D eigenvalue weighted by atomic mass is 79.9. The van der Waals surface area contributed by atoms with Crippen LogP contribution in [0.25, 0.3) is 0 Å². The van der Waals surface area contributed by atoms with Gasteiger partial charge in [0, 0.05) is 17.5 Å².